The van der Waals surface area contributed by atoms with Gasteiger partial charge in [-0.2, -0.15) is 0 Å². The van der Waals surface area contributed by atoms with E-state index in [1.807, 2.05) is 70.9 Å². The number of aromatic nitrogens is 1. The molecule has 0 fully saturated rings. The Morgan fingerprint density at radius 1 is 1.12 bits per heavy atom. The Bertz CT molecular complexity index is 841. The van der Waals surface area contributed by atoms with Crippen molar-refractivity contribution in [3.05, 3.63) is 76.7 Å². The van der Waals surface area contributed by atoms with Crippen LogP contribution in [0.25, 0.3) is 5.69 Å². The molecule has 0 aliphatic carbocycles. The molecule has 6 heteroatoms. The quantitative estimate of drug-likeness (QED) is 0.690. The molecule has 0 radical (unpaired) electrons. The molecule has 1 atom stereocenters. The van der Waals surface area contributed by atoms with Crippen LogP contribution in [0.2, 0.25) is 0 Å². The number of nitrogens with zero attached hydrogens (tertiary/aromatic N) is 1. The average molecular weight is 354 g/mol. The van der Waals surface area contributed by atoms with Crippen LogP contribution in [-0.2, 0) is 16.1 Å². The summed E-state index contributed by atoms with van der Waals surface area (Å²) in [5, 5.41) is 4.60. The SMILES string of the molecule is CC(OC(=O)c1sccc1-n1cccc1)C(=O)NCc1ccccc1. The molecule has 5 nitrogen and oxygen atoms in total. The zero-order chi connectivity index (χ0) is 17.6. The predicted octanol–water partition coefficient (Wildman–Crippen LogP) is 3.40. The number of thiophene rings is 1. The van der Waals surface area contributed by atoms with E-state index in [4.69, 9.17) is 4.74 Å². The van der Waals surface area contributed by atoms with Crippen molar-refractivity contribution in [1.82, 2.24) is 9.88 Å². The van der Waals surface area contributed by atoms with E-state index in [2.05, 4.69) is 5.32 Å². The number of carbonyl (C=O) groups excluding carboxylic acids is 2. The maximum absolute atomic E-state index is 12.4. The first-order chi connectivity index (χ1) is 12.1. The van der Waals surface area contributed by atoms with E-state index in [1.54, 1.807) is 6.92 Å². The largest absolute Gasteiger partial charge is 0.448 e. The van der Waals surface area contributed by atoms with Crippen LogP contribution in [0.3, 0.4) is 0 Å². The molecule has 25 heavy (non-hydrogen) atoms. The molecular weight excluding hydrogens is 336 g/mol. The second-order valence-electron chi connectivity index (χ2n) is 5.48. The van der Waals surface area contributed by atoms with Crippen molar-refractivity contribution < 1.29 is 14.3 Å². The molecule has 1 N–H and O–H groups in total. The van der Waals surface area contributed by atoms with Gasteiger partial charge in [0.15, 0.2) is 6.10 Å². The smallest absolute Gasteiger partial charge is 0.351 e. The monoisotopic (exact) mass is 354 g/mol. The Morgan fingerprint density at radius 2 is 1.84 bits per heavy atom. The van der Waals surface area contributed by atoms with Crippen LogP contribution in [-0.4, -0.2) is 22.5 Å². The van der Waals surface area contributed by atoms with Crippen molar-refractivity contribution in [1.29, 1.82) is 0 Å². The summed E-state index contributed by atoms with van der Waals surface area (Å²) in [6.07, 6.45) is 2.85. The maximum atomic E-state index is 12.4. The molecule has 2 aromatic heterocycles. The van der Waals surface area contributed by atoms with Gasteiger partial charge in [-0.15, -0.1) is 11.3 Å². The van der Waals surface area contributed by atoms with E-state index in [1.165, 1.54) is 11.3 Å². The lowest BCUT2D eigenvalue weighted by Crippen LogP contribution is -2.35. The van der Waals surface area contributed by atoms with Gasteiger partial charge >= 0.3 is 5.97 Å². The van der Waals surface area contributed by atoms with Gasteiger partial charge in [-0.25, -0.2) is 4.79 Å². The fourth-order valence-corrected chi connectivity index (χ4v) is 3.12. The molecule has 0 bridgehead atoms. The van der Waals surface area contributed by atoms with Crippen LogP contribution >= 0.6 is 11.3 Å². The number of amides is 1. The van der Waals surface area contributed by atoms with Crippen molar-refractivity contribution in [2.24, 2.45) is 0 Å². The van der Waals surface area contributed by atoms with E-state index in [-0.39, 0.29) is 5.91 Å². The molecule has 1 aromatic carbocycles. The Kier molecular flexibility index (Phi) is 5.30. The third-order valence-electron chi connectivity index (χ3n) is 3.68. The van der Waals surface area contributed by atoms with Crippen LogP contribution < -0.4 is 5.32 Å². The maximum Gasteiger partial charge on any atom is 0.351 e. The van der Waals surface area contributed by atoms with E-state index in [9.17, 15) is 9.59 Å². The molecule has 0 saturated heterocycles. The molecule has 3 rings (SSSR count). The fraction of sp³-hybridized carbons (Fsp3) is 0.158. The highest BCUT2D eigenvalue weighted by Gasteiger charge is 2.22. The number of esters is 1. The molecule has 3 aromatic rings. The standard InChI is InChI=1S/C19H18N2O3S/c1-14(18(22)20-13-15-7-3-2-4-8-15)24-19(23)17-16(9-12-25-17)21-10-5-6-11-21/h2-12,14H,13H2,1H3,(H,20,22). The molecule has 0 aliphatic rings. The Labute approximate surface area is 149 Å². The van der Waals surface area contributed by atoms with Gasteiger partial charge in [0.2, 0.25) is 0 Å². The van der Waals surface area contributed by atoms with Crippen molar-refractivity contribution >= 4 is 23.2 Å². The summed E-state index contributed by atoms with van der Waals surface area (Å²) in [6.45, 7) is 1.97. The van der Waals surface area contributed by atoms with Crippen molar-refractivity contribution in [2.75, 3.05) is 0 Å². The van der Waals surface area contributed by atoms with Gasteiger partial charge in [-0.05, 0) is 36.1 Å². The second kappa shape index (κ2) is 7.81. The van der Waals surface area contributed by atoms with Gasteiger partial charge in [-0.1, -0.05) is 30.3 Å². The number of hydrogen-bond donors (Lipinski definition) is 1. The van der Waals surface area contributed by atoms with Gasteiger partial charge < -0.3 is 14.6 Å². The topological polar surface area (TPSA) is 60.3 Å². The zero-order valence-electron chi connectivity index (χ0n) is 13.7. The number of nitrogens with one attached hydrogen (secondary N) is 1. The van der Waals surface area contributed by atoms with Crippen molar-refractivity contribution in [3.8, 4) is 5.69 Å². The van der Waals surface area contributed by atoms with Gasteiger partial charge in [-0.3, -0.25) is 4.79 Å². The highest BCUT2D eigenvalue weighted by molar-refractivity contribution is 7.12. The molecule has 1 amide bonds. The number of benzene rings is 1. The lowest BCUT2D eigenvalue weighted by atomic mass is 10.2. The van der Waals surface area contributed by atoms with Gasteiger partial charge in [0.1, 0.15) is 4.88 Å². The Hall–Kier alpha value is -2.86. The van der Waals surface area contributed by atoms with Crippen LogP contribution in [0, 0.1) is 0 Å². The molecule has 1 unspecified atom stereocenters. The van der Waals surface area contributed by atoms with Gasteiger partial charge in [0, 0.05) is 18.9 Å². The minimum atomic E-state index is -0.865. The molecule has 2 heterocycles. The highest BCUT2D eigenvalue weighted by Crippen LogP contribution is 2.22. The van der Waals surface area contributed by atoms with Gasteiger partial charge in [0.05, 0.1) is 5.69 Å². The first-order valence-electron chi connectivity index (χ1n) is 7.88. The molecular formula is C19H18N2O3S. The summed E-state index contributed by atoms with van der Waals surface area (Å²) < 4.78 is 7.17. The summed E-state index contributed by atoms with van der Waals surface area (Å²) in [7, 11) is 0. The zero-order valence-corrected chi connectivity index (χ0v) is 14.5. The minimum absolute atomic E-state index is 0.323. The highest BCUT2D eigenvalue weighted by atomic mass is 32.1. The van der Waals surface area contributed by atoms with Crippen molar-refractivity contribution in [2.45, 2.75) is 19.6 Å². The second-order valence-corrected chi connectivity index (χ2v) is 6.39. The van der Waals surface area contributed by atoms with E-state index < -0.39 is 12.1 Å². The fourth-order valence-electron chi connectivity index (χ4n) is 2.35. The first kappa shape index (κ1) is 17.0. The predicted molar refractivity (Wildman–Crippen MR) is 96.8 cm³/mol. The molecule has 128 valence electrons. The van der Waals surface area contributed by atoms with E-state index in [0.717, 1.165) is 11.3 Å². The summed E-state index contributed by atoms with van der Waals surface area (Å²) in [5.41, 5.74) is 1.74. The third-order valence-corrected chi connectivity index (χ3v) is 4.56. The summed E-state index contributed by atoms with van der Waals surface area (Å²) in [6, 6.07) is 15.2. The van der Waals surface area contributed by atoms with Crippen LogP contribution in [0.5, 0.6) is 0 Å². The average Bonchev–Trinajstić information content (AvgIpc) is 3.31. The number of hydrogen-bond acceptors (Lipinski definition) is 4. The van der Waals surface area contributed by atoms with Crippen molar-refractivity contribution in [3.63, 3.8) is 0 Å². The Morgan fingerprint density at radius 3 is 2.56 bits per heavy atom. The van der Waals surface area contributed by atoms with Crippen LogP contribution in [0.1, 0.15) is 22.2 Å². The normalized spacial score (nSPS) is 11.7. The molecule has 0 aliphatic heterocycles. The minimum Gasteiger partial charge on any atom is -0.448 e. The van der Waals surface area contributed by atoms with E-state index in [0.29, 0.717) is 11.4 Å². The first-order valence-corrected chi connectivity index (χ1v) is 8.76. The molecule has 0 spiro atoms. The van der Waals surface area contributed by atoms with E-state index >= 15 is 0 Å². The third kappa shape index (κ3) is 4.16. The summed E-state index contributed by atoms with van der Waals surface area (Å²) in [4.78, 5) is 25.0. The lowest BCUT2D eigenvalue weighted by Gasteiger charge is -2.14. The Balaban J connectivity index is 1.59. The summed E-state index contributed by atoms with van der Waals surface area (Å²) >= 11 is 1.29. The van der Waals surface area contributed by atoms with Crippen LogP contribution in [0.15, 0.2) is 66.3 Å². The molecule has 0 saturated carbocycles. The lowest BCUT2D eigenvalue weighted by molar-refractivity contribution is -0.129. The number of rotatable bonds is 6. The van der Waals surface area contributed by atoms with Gasteiger partial charge in [0.25, 0.3) is 5.91 Å². The number of ether oxygens (including phenoxy) is 1. The summed E-state index contributed by atoms with van der Waals surface area (Å²) in [5.74, 6) is -0.822. The van der Waals surface area contributed by atoms with Crippen LogP contribution in [0.4, 0.5) is 0 Å². The number of carbonyl (C=O) groups is 2.